The predicted octanol–water partition coefficient (Wildman–Crippen LogP) is 2.24. The van der Waals surface area contributed by atoms with Gasteiger partial charge in [0.1, 0.15) is 0 Å². The monoisotopic (exact) mass is 213 g/mol. The summed E-state index contributed by atoms with van der Waals surface area (Å²) in [4.78, 5) is 11.4. The topological polar surface area (TPSA) is 52.3 Å². The molecule has 1 unspecified atom stereocenters. The number of rotatable bonds is 6. The van der Waals surface area contributed by atoms with Crippen LogP contribution in [-0.4, -0.2) is 18.6 Å². The Labute approximate surface area is 92.4 Å². The lowest BCUT2D eigenvalue weighted by Gasteiger charge is -2.12. The van der Waals surface area contributed by atoms with Crippen LogP contribution >= 0.6 is 0 Å². The van der Waals surface area contributed by atoms with Crippen molar-refractivity contribution in [1.29, 1.82) is 0 Å². The van der Waals surface area contributed by atoms with Crippen molar-refractivity contribution in [1.82, 2.24) is 0 Å². The summed E-state index contributed by atoms with van der Waals surface area (Å²) in [6.07, 6.45) is 7.31. The highest BCUT2D eigenvalue weighted by atomic mass is 16.5. The molecular weight excluding hydrogens is 190 g/mol. The number of ether oxygens (including phenoxy) is 1. The van der Waals surface area contributed by atoms with Gasteiger partial charge in [0.2, 0.25) is 0 Å². The number of hydrogen-bond acceptors (Lipinski definition) is 3. The maximum atomic E-state index is 11.4. The summed E-state index contributed by atoms with van der Waals surface area (Å²) in [6, 6.07) is -0.0221. The highest BCUT2D eigenvalue weighted by Gasteiger charge is 2.17. The van der Waals surface area contributed by atoms with Gasteiger partial charge in [0.05, 0.1) is 13.0 Å². The number of carbonyl (C=O) groups excluding carboxylic acids is 1. The Morgan fingerprint density at radius 1 is 1.47 bits per heavy atom. The van der Waals surface area contributed by atoms with E-state index in [1.54, 1.807) is 0 Å². The van der Waals surface area contributed by atoms with E-state index < -0.39 is 0 Å². The van der Waals surface area contributed by atoms with Crippen molar-refractivity contribution < 1.29 is 9.53 Å². The molecule has 0 radical (unpaired) electrons. The number of esters is 1. The highest BCUT2D eigenvalue weighted by Crippen LogP contribution is 2.24. The Hall–Kier alpha value is -0.570. The van der Waals surface area contributed by atoms with Crippen LogP contribution in [0.25, 0.3) is 0 Å². The van der Waals surface area contributed by atoms with Crippen LogP contribution in [0.1, 0.15) is 51.9 Å². The molecule has 3 heteroatoms. The third-order valence-corrected chi connectivity index (χ3v) is 3.04. The molecule has 0 heterocycles. The second-order valence-corrected chi connectivity index (χ2v) is 4.59. The van der Waals surface area contributed by atoms with Crippen molar-refractivity contribution in [2.24, 2.45) is 11.7 Å². The van der Waals surface area contributed by atoms with Crippen LogP contribution in [0.3, 0.4) is 0 Å². The van der Waals surface area contributed by atoms with Gasteiger partial charge in [0.25, 0.3) is 0 Å². The van der Waals surface area contributed by atoms with E-state index in [2.05, 4.69) is 6.92 Å². The van der Waals surface area contributed by atoms with E-state index >= 15 is 0 Å². The zero-order valence-corrected chi connectivity index (χ0v) is 9.71. The van der Waals surface area contributed by atoms with Crippen molar-refractivity contribution in [3.05, 3.63) is 0 Å². The van der Waals surface area contributed by atoms with Crippen LogP contribution in [0.2, 0.25) is 0 Å². The predicted molar refractivity (Wildman–Crippen MR) is 60.4 cm³/mol. The fraction of sp³-hybridized carbons (Fsp3) is 0.917. The fourth-order valence-corrected chi connectivity index (χ4v) is 2.13. The van der Waals surface area contributed by atoms with E-state index in [9.17, 15) is 4.79 Å². The van der Waals surface area contributed by atoms with Crippen LogP contribution in [0.15, 0.2) is 0 Å². The molecule has 1 aliphatic carbocycles. The number of carbonyl (C=O) groups is 1. The Morgan fingerprint density at radius 3 is 2.73 bits per heavy atom. The van der Waals surface area contributed by atoms with Gasteiger partial charge in [-0.25, -0.2) is 0 Å². The van der Waals surface area contributed by atoms with Gasteiger partial charge in [-0.3, -0.25) is 4.79 Å². The molecule has 0 aromatic heterocycles. The first kappa shape index (κ1) is 12.5. The average Bonchev–Trinajstić information content (AvgIpc) is 2.67. The van der Waals surface area contributed by atoms with Gasteiger partial charge in [-0.1, -0.05) is 26.2 Å². The molecule has 15 heavy (non-hydrogen) atoms. The second kappa shape index (κ2) is 6.83. The molecule has 0 spiro atoms. The van der Waals surface area contributed by atoms with Gasteiger partial charge in [-0.2, -0.15) is 0 Å². The van der Waals surface area contributed by atoms with Crippen molar-refractivity contribution in [3.8, 4) is 0 Å². The van der Waals surface area contributed by atoms with E-state index in [1.807, 2.05) is 0 Å². The van der Waals surface area contributed by atoms with Crippen molar-refractivity contribution in [2.75, 3.05) is 6.61 Å². The van der Waals surface area contributed by atoms with Crippen LogP contribution in [-0.2, 0) is 9.53 Å². The van der Waals surface area contributed by atoms with Crippen LogP contribution < -0.4 is 5.73 Å². The quantitative estimate of drug-likeness (QED) is 0.688. The van der Waals surface area contributed by atoms with Gasteiger partial charge in [0, 0.05) is 6.04 Å². The minimum Gasteiger partial charge on any atom is -0.465 e. The Bertz CT molecular complexity index is 188. The zero-order chi connectivity index (χ0) is 11.1. The van der Waals surface area contributed by atoms with Gasteiger partial charge in [-0.15, -0.1) is 0 Å². The molecule has 1 aliphatic rings. The van der Waals surface area contributed by atoms with Gasteiger partial charge in [0.15, 0.2) is 0 Å². The molecule has 1 fully saturated rings. The maximum absolute atomic E-state index is 11.4. The normalized spacial score (nSPS) is 19.1. The van der Waals surface area contributed by atoms with E-state index in [-0.39, 0.29) is 12.0 Å². The molecule has 3 nitrogen and oxygen atoms in total. The molecule has 0 bridgehead atoms. The van der Waals surface area contributed by atoms with E-state index in [0.29, 0.717) is 18.9 Å². The molecule has 0 aliphatic heterocycles. The van der Waals surface area contributed by atoms with Crippen LogP contribution in [0.4, 0.5) is 0 Å². The van der Waals surface area contributed by atoms with E-state index in [1.165, 1.54) is 25.7 Å². The lowest BCUT2D eigenvalue weighted by atomic mass is 10.1. The summed E-state index contributed by atoms with van der Waals surface area (Å²) < 4.78 is 5.22. The number of hydrogen-bond donors (Lipinski definition) is 1. The van der Waals surface area contributed by atoms with Crippen molar-refractivity contribution >= 4 is 5.97 Å². The molecular formula is C12H23NO2. The standard InChI is InChI=1S/C12H23NO2/c1-2-5-11(13)8-12(14)15-9-10-6-3-4-7-10/h10-11H,2-9,13H2,1H3. The summed E-state index contributed by atoms with van der Waals surface area (Å²) in [5.74, 6) is 0.485. The molecule has 1 saturated carbocycles. The van der Waals surface area contributed by atoms with Gasteiger partial charge < -0.3 is 10.5 Å². The Kier molecular flexibility index (Phi) is 5.69. The molecule has 88 valence electrons. The lowest BCUT2D eigenvalue weighted by Crippen LogP contribution is -2.25. The second-order valence-electron chi connectivity index (χ2n) is 4.59. The summed E-state index contributed by atoms with van der Waals surface area (Å²) >= 11 is 0. The zero-order valence-electron chi connectivity index (χ0n) is 9.71. The first-order chi connectivity index (χ1) is 7.22. The SMILES string of the molecule is CCCC(N)CC(=O)OCC1CCCC1. The third kappa shape index (κ3) is 5.17. The first-order valence-electron chi connectivity index (χ1n) is 6.13. The molecule has 1 rings (SSSR count). The van der Waals surface area contributed by atoms with Crippen molar-refractivity contribution in [3.63, 3.8) is 0 Å². The molecule has 0 aromatic carbocycles. The highest BCUT2D eigenvalue weighted by molar-refractivity contribution is 5.70. The summed E-state index contributed by atoms with van der Waals surface area (Å²) in [5.41, 5.74) is 5.77. The Morgan fingerprint density at radius 2 is 2.13 bits per heavy atom. The molecule has 0 aromatic rings. The smallest absolute Gasteiger partial charge is 0.307 e. The minimum atomic E-state index is -0.122. The first-order valence-corrected chi connectivity index (χ1v) is 6.13. The van der Waals surface area contributed by atoms with E-state index in [4.69, 9.17) is 10.5 Å². The summed E-state index contributed by atoms with van der Waals surface area (Å²) in [7, 11) is 0. The molecule has 0 amide bonds. The maximum Gasteiger partial charge on any atom is 0.307 e. The fourth-order valence-electron chi connectivity index (χ4n) is 2.13. The molecule has 1 atom stereocenters. The average molecular weight is 213 g/mol. The Balaban J connectivity index is 2.07. The van der Waals surface area contributed by atoms with Crippen LogP contribution in [0, 0.1) is 5.92 Å². The van der Waals surface area contributed by atoms with Gasteiger partial charge >= 0.3 is 5.97 Å². The molecule has 2 N–H and O–H groups in total. The lowest BCUT2D eigenvalue weighted by molar-refractivity contribution is -0.145. The summed E-state index contributed by atoms with van der Waals surface area (Å²) in [6.45, 7) is 2.68. The van der Waals surface area contributed by atoms with E-state index in [0.717, 1.165) is 12.8 Å². The van der Waals surface area contributed by atoms with Crippen molar-refractivity contribution in [2.45, 2.75) is 57.9 Å². The third-order valence-electron chi connectivity index (χ3n) is 3.04. The van der Waals surface area contributed by atoms with Gasteiger partial charge in [-0.05, 0) is 25.2 Å². The molecule has 0 saturated heterocycles. The number of nitrogens with two attached hydrogens (primary N) is 1. The minimum absolute atomic E-state index is 0.0221. The van der Waals surface area contributed by atoms with Crippen LogP contribution in [0.5, 0.6) is 0 Å². The summed E-state index contributed by atoms with van der Waals surface area (Å²) in [5, 5.41) is 0. The largest absolute Gasteiger partial charge is 0.465 e.